The maximum absolute atomic E-state index is 12.8. The standard InChI is InChI=1S/C37H54Br3N3O13/c1-34(2,38)31(48)54-20-37(21-55-32(49)35(3,4)39,22-56-33(50)36(5,6)40)19-53-18-26(45)42-11-14-52-16-15-51-13-10-41-25(44)9-12-43-29(46)27-23-7-8-24(17-23)28(27)30(43)47/h7-8,23-24,27-28H,9-22H2,1-6H3,(H,41,44)(H,42,45). The van der Waals surface area contributed by atoms with E-state index in [2.05, 4.69) is 58.4 Å². The molecule has 0 aromatic rings. The van der Waals surface area contributed by atoms with Gasteiger partial charge in [-0.15, -0.1) is 0 Å². The van der Waals surface area contributed by atoms with Gasteiger partial charge in [-0.25, -0.2) is 0 Å². The van der Waals surface area contributed by atoms with Crippen LogP contribution in [0, 0.1) is 29.1 Å². The zero-order chi connectivity index (χ0) is 41.9. The summed E-state index contributed by atoms with van der Waals surface area (Å²) in [7, 11) is 0. The minimum atomic E-state index is -1.37. The van der Waals surface area contributed by atoms with Gasteiger partial charge < -0.3 is 39.1 Å². The largest absolute Gasteiger partial charge is 0.464 e. The number of amides is 4. The fourth-order valence-corrected chi connectivity index (χ4v) is 6.51. The third-order valence-corrected chi connectivity index (χ3v) is 10.2. The third-order valence-electron chi connectivity index (χ3n) is 9.26. The summed E-state index contributed by atoms with van der Waals surface area (Å²) in [5, 5.41) is 5.38. The second-order valence-electron chi connectivity index (χ2n) is 15.6. The molecule has 2 fully saturated rings. The molecule has 1 aliphatic heterocycles. The zero-order valence-corrected chi connectivity index (χ0v) is 37.5. The molecule has 4 amide bonds. The van der Waals surface area contributed by atoms with Crippen LogP contribution in [0.25, 0.3) is 0 Å². The first kappa shape index (κ1) is 47.9. The van der Waals surface area contributed by atoms with E-state index in [9.17, 15) is 33.6 Å². The highest BCUT2D eigenvalue weighted by molar-refractivity contribution is 9.10. The van der Waals surface area contributed by atoms with Crippen molar-refractivity contribution in [3.05, 3.63) is 12.2 Å². The summed E-state index contributed by atoms with van der Waals surface area (Å²) in [6, 6.07) is 0. The predicted molar refractivity (Wildman–Crippen MR) is 212 cm³/mol. The number of carbonyl (C=O) groups excluding carboxylic acids is 7. The van der Waals surface area contributed by atoms with Crippen LogP contribution in [0.4, 0.5) is 0 Å². The Morgan fingerprint density at radius 3 is 1.46 bits per heavy atom. The van der Waals surface area contributed by atoms with Crippen LogP contribution in [0.5, 0.6) is 0 Å². The summed E-state index contributed by atoms with van der Waals surface area (Å²) in [6.07, 6.45) is 4.96. The number of rotatable bonds is 25. The molecule has 56 heavy (non-hydrogen) atoms. The smallest absolute Gasteiger partial charge is 0.322 e. The lowest BCUT2D eigenvalue weighted by atomic mass is 9.85. The molecule has 4 atom stereocenters. The quantitative estimate of drug-likeness (QED) is 0.0338. The van der Waals surface area contributed by atoms with Crippen molar-refractivity contribution in [2.24, 2.45) is 29.1 Å². The lowest BCUT2D eigenvalue weighted by molar-refractivity contribution is -0.170. The Balaban J connectivity index is 1.32. The van der Waals surface area contributed by atoms with Crippen LogP contribution in [0.1, 0.15) is 54.4 Å². The monoisotopic (exact) mass is 985 g/mol. The van der Waals surface area contributed by atoms with E-state index in [0.29, 0.717) is 0 Å². The average molecular weight is 989 g/mol. The van der Waals surface area contributed by atoms with Gasteiger partial charge in [0.25, 0.3) is 0 Å². The molecule has 1 saturated carbocycles. The third kappa shape index (κ3) is 14.4. The first-order chi connectivity index (χ1) is 26.1. The normalized spacial score (nSPS) is 20.6. The Morgan fingerprint density at radius 1 is 0.643 bits per heavy atom. The van der Waals surface area contributed by atoms with Crippen LogP contribution in [0.2, 0.25) is 0 Å². The number of hydrogen-bond donors (Lipinski definition) is 2. The molecule has 0 spiro atoms. The summed E-state index contributed by atoms with van der Waals surface area (Å²) in [5.41, 5.74) is -1.37. The van der Waals surface area contributed by atoms with Gasteiger partial charge in [0, 0.05) is 26.1 Å². The van der Waals surface area contributed by atoms with Crippen LogP contribution in [0.15, 0.2) is 12.2 Å². The molecule has 4 unspecified atom stereocenters. The highest BCUT2D eigenvalue weighted by Crippen LogP contribution is 2.52. The molecule has 0 aromatic carbocycles. The molecule has 0 radical (unpaired) electrons. The number of likely N-dealkylation sites (tertiary alicyclic amines) is 1. The fourth-order valence-electron chi connectivity index (χ4n) is 6.17. The van der Waals surface area contributed by atoms with Crippen molar-refractivity contribution < 1.29 is 62.0 Å². The van der Waals surface area contributed by atoms with Gasteiger partial charge >= 0.3 is 17.9 Å². The van der Waals surface area contributed by atoms with Crippen LogP contribution in [-0.4, -0.2) is 139 Å². The van der Waals surface area contributed by atoms with Gasteiger partial charge in [0.1, 0.15) is 39.4 Å². The Bertz CT molecular complexity index is 1370. The molecule has 2 bridgehead atoms. The molecule has 1 heterocycles. The van der Waals surface area contributed by atoms with Crippen LogP contribution in [-0.2, 0) is 62.0 Å². The molecule has 19 heteroatoms. The number of nitrogens with one attached hydrogen (secondary N) is 2. The van der Waals surface area contributed by atoms with Crippen molar-refractivity contribution in [2.45, 2.75) is 67.4 Å². The first-order valence-corrected chi connectivity index (χ1v) is 20.8. The number of carbonyl (C=O) groups is 7. The molecule has 16 nitrogen and oxygen atoms in total. The van der Waals surface area contributed by atoms with E-state index in [4.69, 9.17) is 28.4 Å². The van der Waals surface area contributed by atoms with Crippen molar-refractivity contribution >= 4 is 89.3 Å². The van der Waals surface area contributed by atoms with E-state index in [1.165, 1.54) is 4.90 Å². The van der Waals surface area contributed by atoms with E-state index in [-0.39, 0.29) is 120 Å². The summed E-state index contributed by atoms with van der Waals surface area (Å²) in [5.74, 6) is -3.23. The highest BCUT2D eigenvalue weighted by atomic mass is 79.9. The number of alkyl halides is 3. The van der Waals surface area contributed by atoms with Crippen molar-refractivity contribution in [3.63, 3.8) is 0 Å². The number of imide groups is 1. The molecule has 3 rings (SSSR count). The number of allylic oxidation sites excluding steroid dienone is 2. The minimum Gasteiger partial charge on any atom is -0.464 e. The van der Waals surface area contributed by atoms with E-state index in [1.807, 2.05) is 12.2 Å². The second-order valence-corrected chi connectivity index (χ2v) is 21.6. The van der Waals surface area contributed by atoms with Crippen molar-refractivity contribution in [3.8, 4) is 0 Å². The number of hydrogen-bond acceptors (Lipinski definition) is 13. The summed E-state index contributed by atoms with van der Waals surface area (Å²) in [6.45, 7) is 9.17. The Labute approximate surface area is 352 Å². The van der Waals surface area contributed by atoms with Crippen LogP contribution in [0.3, 0.4) is 0 Å². The summed E-state index contributed by atoms with van der Waals surface area (Å²) < 4.78 is 30.1. The lowest BCUT2D eigenvalue weighted by Gasteiger charge is -2.34. The van der Waals surface area contributed by atoms with Gasteiger partial charge in [0.05, 0.1) is 50.3 Å². The second kappa shape index (κ2) is 21.0. The number of ether oxygens (including phenoxy) is 6. The summed E-state index contributed by atoms with van der Waals surface area (Å²) in [4.78, 5) is 89.5. The zero-order valence-electron chi connectivity index (χ0n) is 32.8. The molecule has 3 aliphatic rings. The number of fused-ring (bicyclic) bond motifs is 5. The van der Waals surface area contributed by atoms with E-state index in [1.54, 1.807) is 41.5 Å². The molecule has 316 valence electrons. The predicted octanol–water partition coefficient (Wildman–Crippen LogP) is 2.60. The Morgan fingerprint density at radius 2 is 1.05 bits per heavy atom. The molecule has 0 aromatic heterocycles. The average Bonchev–Trinajstić information content (AvgIpc) is 3.80. The highest BCUT2D eigenvalue weighted by Gasteiger charge is 2.59. The van der Waals surface area contributed by atoms with Crippen molar-refractivity contribution in [1.29, 1.82) is 0 Å². The van der Waals surface area contributed by atoms with Crippen LogP contribution < -0.4 is 10.6 Å². The SMILES string of the molecule is CC(C)(Br)C(=O)OCC(COCC(=O)NCCOCCOCCNC(=O)CCN1C(=O)C2C3C=CC(C3)C2C1=O)(COC(=O)C(C)(C)Br)COC(=O)C(C)(C)Br. The van der Waals surface area contributed by atoms with Gasteiger partial charge in [0.15, 0.2) is 0 Å². The van der Waals surface area contributed by atoms with Gasteiger partial charge in [-0.1, -0.05) is 59.9 Å². The van der Waals surface area contributed by atoms with E-state index in [0.717, 1.165) is 6.42 Å². The van der Waals surface area contributed by atoms with E-state index >= 15 is 0 Å². The molecular formula is C37H54Br3N3O13. The minimum absolute atomic E-state index is 0.0301. The Hall–Kier alpha value is -2.45. The lowest BCUT2D eigenvalue weighted by Crippen LogP contribution is -2.47. The van der Waals surface area contributed by atoms with Gasteiger partial charge in [0.2, 0.25) is 23.6 Å². The topological polar surface area (TPSA) is 202 Å². The number of nitrogens with zero attached hydrogens (tertiary/aromatic N) is 1. The fraction of sp³-hybridized carbons (Fsp3) is 0.757. The van der Waals surface area contributed by atoms with Crippen LogP contribution >= 0.6 is 47.8 Å². The first-order valence-electron chi connectivity index (χ1n) is 18.4. The molecule has 1 saturated heterocycles. The number of esters is 3. The van der Waals surface area contributed by atoms with E-state index < -0.39 is 48.8 Å². The van der Waals surface area contributed by atoms with Crippen molar-refractivity contribution in [1.82, 2.24) is 15.5 Å². The van der Waals surface area contributed by atoms with Gasteiger partial charge in [-0.2, -0.15) is 0 Å². The van der Waals surface area contributed by atoms with Crippen molar-refractivity contribution in [2.75, 3.05) is 79.1 Å². The maximum Gasteiger partial charge on any atom is 0.322 e. The molecular weight excluding hydrogens is 934 g/mol. The molecule has 2 aliphatic carbocycles. The number of halogens is 3. The Kier molecular flexibility index (Phi) is 18.0. The molecule has 2 N–H and O–H groups in total. The van der Waals surface area contributed by atoms with Gasteiger partial charge in [-0.05, 0) is 59.8 Å². The maximum atomic E-state index is 12.8. The summed E-state index contributed by atoms with van der Waals surface area (Å²) >= 11 is 9.76. The van der Waals surface area contributed by atoms with Gasteiger partial charge in [-0.3, -0.25) is 38.5 Å².